The molecule has 1 amide bonds. The van der Waals surface area contributed by atoms with Crippen LogP contribution in [0.2, 0.25) is 0 Å². The lowest BCUT2D eigenvalue weighted by Crippen LogP contribution is -2.49. The lowest BCUT2D eigenvalue weighted by Gasteiger charge is -2.34. The molecule has 1 fully saturated rings. The van der Waals surface area contributed by atoms with Crippen molar-refractivity contribution in [1.29, 1.82) is 5.26 Å². The molecule has 104 valence electrons. The van der Waals surface area contributed by atoms with E-state index >= 15 is 0 Å². The average Bonchev–Trinajstić information content (AvgIpc) is 2.53. The van der Waals surface area contributed by atoms with Crippen LogP contribution in [-0.4, -0.2) is 43.2 Å². The van der Waals surface area contributed by atoms with E-state index < -0.39 is 6.10 Å². The maximum Gasteiger partial charge on any atom is 0.229 e. The number of amides is 1. The Morgan fingerprint density at radius 3 is 3.10 bits per heavy atom. The molecule has 3 rings (SSSR count). The SMILES string of the molecule is N#CC1CN(C(=O)C2COc3ccccc3C2)CCO1. The molecule has 2 aliphatic heterocycles. The van der Waals surface area contributed by atoms with Crippen molar-refractivity contribution < 1.29 is 14.3 Å². The van der Waals surface area contributed by atoms with Crippen LogP contribution in [0.15, 0.2) is 24.3 Å². The van der Waals surface area contributed by atoms with Gasteiger partial charge in [0.2, 0.25) is 5.91 Å². The summed E-state index contributed by atoms with van der Waals surface area (Å²) in [7, 11) is 0. The standard InChI is InChI=1S/C15H16N2O3/c16-8-13-9-17(5-6-19-13)15(18)12-7-11-3-1-2-4-14(11)20-10-12/h1-4,12-13H,5-7,9-10H2. The van der Waals surface area contributed by atoms with E-state index in [2.05, 4.69) is 6.07 Å². The second kappa shape index (κ2) is 5.51. The number of nitrogens with zero attached hydrogens (tertiary/aromatic N) is 2. The molecule has 0 bridgehead atoms. The molecule has 1 aromatic rings. The van der Waals surface area contributed by atoms with Crippen molar-refractivity contribution in [1.82, 2.24) is 4.90 Å². The van der Waals surface area contributed by atoms with E-state index in [0.717, 1.165) is 11.3 Å². The van der Waals surface area contributed by atoms with Crippen molar-refractivity contribution in [2.75, 3.05) is 26.3 Å². The molecule has 0 radical (unpaired) electrons. The molecule has 1 aromatic carbocycles. The minimum atomic E-state index is -0.510. The van der Waals surface area contributed by atoms with E-state index in [1.165, 1.54) is 0 Å². The molecule has 2 atom stereocenters. The molecule has 20 heavy (non-hydrogen) atoms. The fourth-order valence-corrected chi connectivity index (χ4v) is 2.67. The van der Waals surface area contributed by atoms with Crippen LogP contribution in [0.5, 0.6) is 5.75 Å². The van der Waals surface area contributed by atoms with Crippen LogP contribution >= 0.6 is 0 Å². The number of fused-ring (bicyclic) bond motifs is 1. The molecule has 1 saturated heterocycles. The molecule has 0 saturated carbocycles. The van der Waals surface area contributed by atoms with E-state index in [0.29, 0.717) is 32.7 Å². The predicted molar refractivity (Wildman–Crippen MR) is 71.1 cm³/mol. The number of para-hydroxylation sites is 1. The Balaban J connectivity index is 1.68. The zero-order valence-corrected chi connectivity index (χ0v) is 11.1. The maximum atomic E-state index is 12.5. The van der Waals surface area contributed by atoms with Crippen LogP contribution in [0.4, 0.5) is 0 Å². The van der Waals surface area contributed by atoms with E-state index in [4.69, 9.17) is 14.7 Å². The van der Waals surface area contributed by atoms with Crippen LogP contribution in [-0.2, 0) is 16.0 Å². The van der Waals surface area contributed by atoms with Crippen LogP contribution < -0.4 is 4.74 Å². The molecule has 0 spiro atoms. The Hall–Kier alpha value is -2.06. The first-order valence-electron chi connectivity index (χ1n) is 6.78. The Morgan fingerprint density at radius 1 is 1.40 bits per heavy atom. The van der Waals surface area contributed by atoms with Gasteiger partial charge in [0.25, 0.3) is 0 Å². The van der Waals surface area contributed by atoms with Gasteiger partial charge in [-0.1, -0.05) is 18.2 Å². The molecule has 5 nitrogen and oxygen atoms in total. The summed E-state index contributed by atoms with van der Waals surface area (Å²) < 4.78 is 10.9. The summed E-state index contributed by atoms with van der Waals surface area (Å²) in [5.41, 5.74) is 1.07. The quantitative estimate of drug-likeness (QED) is 0.765. The number of hydrogen-bond donors (Lipinski definition) is 0. The molecule has 2 heterocycles. The lowest BCUT2D eigenvalue weighted by molar-refractivity contribution is -0.142. The Labute approximate surface area is 117 Å². The van der Waals surface area contributed by atoms with Crippen LogP contribution in [0.3, 0.4) is 0 Å². The third-order valence-corrected chi connectivity index (χ3v) is 3.75. The minimum absolute atomic E-state index is 0.0584. The summed E-state index contributed by atoms with van der Waals surface area (Å²) in [4.78, 5) is 14.2. The fourth-order valence-electron chi connectivity index (χ4n) is 2.67. The van der Waals surface area contributed by atoms with E-state index in [1.807, 2.05) is 24.3 Å². The summed E-state index contributed by atoms with van der Waals surface area (Å²) in [6.45, 7) is 1.74. The Morgan fingerprint density at radius 2 is 2.25 bits per heavy atom. The number of rotatable bonds is 1. The van der Waals surface area contributed by atoms with E-state index in [9.17, 15) is 4.79 Å². The van der Waals surface area contributed by atoms with Gasteiger partial charge in [-0.15, -0.1) is 0 Å². The highest BCUT2D eigenvalue weighted by atomic mass is 16.5. The van der Waals surface area contributed by atoms with Crippen molar-refractivity contribution in [3.63, 3.8) is 0 Å². The third-order valence-electron chi connectivity index (χ3n) is 3.75. The van der Waals surface area contributed by atoms with Gasteiger partial charge in [-0.05, 0) is 18.1 Å². The van der Waals surface area contributed by atoms with Crippen molar-refractivity contribution in [2.45, 2.75) is 12.5 Å². The first-order chi connectivity index (χ1) is 9.78. The molecule has 0 aliphatic carbocycles. The van der Waals surface area contributed by atoms with Gasteiger partial charge in [0.05, 0.1) is 25.1 Å². The van der Waals surface area contributed by atoms with Crippen molar-refractivity contribution >= 4 is 5.91 Å². The van der Waals surface area contributed by atoms with Crippen molar-refractivity contribution in [3.05, 3.63) is 29.8 Å². The number of morpholine rings is 1. The second-order valence-corrected chi connectivity index (χ2v) is 5.09. The molecule has 5 heteroatoms. The summed E-state index contributed by atoms with van der Waals surface area (Å²) in [6.07, 6.45) is 0.188. The second-order valence-electron chi connectivity index (χ2n) is 5.09. The van der Waals surface area contributed by atoms with Crippen molar-refractivity contribution in [3.8, 4) is 11.8 Å². The first-order valence-corrected chi connectivity index (χ1v) is 6.78. The lowest BCUT2D eigenvalue weighted by atomic mass is 9.95. The molecular weight excluding hydrogens is 256 g/mol. The van der Waals surface area contributed by atoms with Gasteiger partial charge in [0, 0.05) is 6.54 Å². The molecular formula is C15H16N2O3. The predicted octanol–water partition coefficient (Wildman–Crippen LogP) is 0.989. The van der Waals surface area contributed by atoms with Crippen molar-refractivity contribution in [2.24, 2.45) is 5.92 Å². The fraction of sp³-hybridized carbons (Fsp3) is 0.467. The van der Waals surface area contributed by atoms with E-state index in [1.54, 1.807) is 4.90 Å². The van der Waals surface area contributed by atoms with E-state index in [-0.39, 0.29) is 11.8 Å². The topological polar surface area (TPSA) is 62.6 Å². The number of ether oxygens (including phenoxy) is 2. The number of carbonyl (C=O) groups excluding carboxylic acids is 1. The van der Waals surface area contributed by atoms with Crippen LogP contribution in [0.25, 0.3) is 0 Å². The van der Waals surface area contributed by atoms with Gasteiger partial charge in [0.15, 0.2) is 6.10 Å². The van der Waals surface area contributed by atoms with Gasteiger partial charge >= 0.3 is 0 Å². The maximum absolute atomic E-state index is 12.5. The molecule has 2 aliphatic rings. The molecule has 0 aromatic heterocycles. The number of nitriles is 1. The monoisotopic (exact) mass is 272 g/mol. The van der Waals surface area contributed by atoms with Crippen LogP contribution in [0.1, 0.15) is 5.56 Å². The highest BCUT2D eigenvalue weighted by Gasteiger charge is 2.32. The summed E-state index contributed by atoms with van der Waals surface area (Å²) in [5.74, 6) is 0.763. The number of hydrogen-bond acceptors (Lipinski definition) is 4. The Kier molecular flexibility index (Phi) is 3.57. The minimum Gasteiger partial charge on any atom is -0.492 e. The van der Waals surface area contributed by atoms with Gasteiger partial charge < -0.3 is 14.4 Å². The first kappa shape index (κ1) is 12.9. The van der Waals surface area contributed by atoms with Gasteiger partial charge in [-0.3, -0.25) is 4.79 Å². The highest BCUT2D eigenvalue weighted by Crippen LogP contribution is 2.28. The number of carbonyl (C=O) groups is 1. The summed E-state index contributed by atoms with van der Waals surface area (Å²) in [6, 6.07) is 9.86. The summed E-state index contributed by atoms with van der Waals surface area (Å²) >= 11 is 0. The van der Waals surface area contributed by atoms with Gasteiger partial charge in [-0.2, -0.15) is 5.26 Å². The highest BCUT2D eigenvalue weighted by molar-refractivity contribution is 5.80. The number of benzene rings is 1. The third kappa shape index (κ3) is 2.47. The zero-order chi connectivity index (χ0) is 13.9. The normalized spacial score (nSPS) is 25.2. The zero-order valence-electron chi connectivity index (χ0n) is 11.1. The van der Waals surface area contributed by atoms with Gasteiger partial charge in [0.1, 0.15) is 12.4 Å². The van der Waals surface area contributed by atoms with Crippen LogP contribution in [0, 0.1) is 17.2 Å². The average molecular weight is 272 g/mol. The Bertz CT molecular complexity index is 552. The summed E-state index contributed by atoms with van der Waals surface area (Å²) in [5, 5.41) is 8.89. The van der Waals surface area contributed by atoms with Gasteiger partial charge in [-0.25, -0.2) is 0 Å². The molecule has 2 unspecified atom stereocenters. The smallest absolute Gasteiger partial charge is 0.229 e. The largest absolute Gasteiger partial charge is 0.492 e. The molecule has 0 N–H and O–H groups in total.